The number of methoxy groups -OCH3 is 1. The Morgan fingerprint density at radius 1 is 1.26 bits per heavy atom. The Morgan fingerprint density at radius 3 is 2.55 bits per heavy atom. The second-order valence-electron chi connectivity index (χ2n) is 8.48. The summed E-state index contributed by atoms with van der Waals surface area (Å²) in [6.07, 6.45) is 4.33. The molecule has 3 rings (SSSR count). The number of hydrazine groups is 1. The summed E-state index contributed by atoms with van der Waals surface area (Å²) in [5.41, 5.74) is -2.35. The molecule has 31 heavy (non-hydrogen) atoms. The van der Waals surface area contributed by atoms with Crippen LogP contribution in [0.3, 0.4) is 0 Å². The maximum absolute atomic E-state index is 13.0. The number of Topliss-reactive ketones (excluding diaryl/α,β-unsaturated/α-hetero) is 2. The normalized spacial score (nSPS) is 29.4. The number of carbonyl (C=O) groups excluding carboxylic acids is 4. The van der Waals surface area contributed by atoms with Gasteiger partial charge in [-0.1, -0.05) is 0 Å². The summed E-state index contributed by atoms with van der Waals surface area (Å²) >= 11 is 0. The van der Waals surface area contributed by atoms with E-state index in [1.54, 1.807) is 4.90 Å². The molecule has 0 radical (unpaired) electrons. The molecular weight excluding hydrogens is 408 g/mol. The van der Waals surface area contributed by atoms with Gasteiger partial charge >= 0.3 is 5.97 Å². The molecule has 1 aliphatic carbocycles. The second kappa shape index (κ2) is 9.41. The van der Waals surface area contributed by atoms with Gasteiger partial charge in [0.2, 0.25) is 23.3 Å². The molecule has 2 heterocycles. The monoisotopic (exact) mass is 438 g/mol. The number of carbonyl (C=O) groups is 5. The lowest BCUT2D eigenvalue weighted by atomic mass is 9.71. The fourth-order valence-corrected chi connectivity index (χ4v) is 4.80. The topological polar surface area (TPSA) is 159 Å². The Hall–Kier alpha value is -2.37. The van der Waals surface area contributed by atoms with E-state index in [0.29, 0.717) is 36.7 Å². The maximum atomic E-state index is 13.0. The lowest BCUT2D eigenvalue weighted by Gasteiger charge is -2.48. The predicted molar refractivity (Wildman–Crippen MR) is 106 cm³/mol. The van der Waals surface area contributed by atoms with Crippen LogP contribution in [0, 0.1) is 17.8 Å². The summed E-state index contributed by atoms with van der Waals surface area (Å²) in [6, 6.07) is 0. The van der Waals surface area contributed by atoms with Crippen molar-refractivity contribution in [3.05, 3.63) is 0 Å². The first-order valence-corrected chi connectivity index (χ1v) is 10.7. The average Bonchev–Trinajstić information content (AvgIpc) is 2.79. The Kier molecular flexibility index (Phi) is 7.07. The molecule has 3 aliphatic rings. The van der Waals surface area contributed by atoms with Gasteiger partial charge in [-0.15, -0.1) is 0 Å². The van der Waals surface area contributed by atoms with E-state index in [4.69, 9.17) is 10.6 Å². The van der Waals surface area contributed by atoms with E-state index in [9.17, 15) is 29.1 Å². The van der Waals surface area contributed by atoms with Crippen molar-refractivity contribution in [3.8, 4) is 0 Å². The lowest BCUT2D eigenvalue weighted by molar-refractivity contribution is -0.219. The largest absolute Gasteiger partial charge is 0.481 e. The molecule has 2 saturated heterocycles. The Balaban J connectivity index is 1.63. The molecule has 1 saturated carbocycles. The molecule has 4 N–H and O–H groups in total. The Labute approximate surface area is 180 Å². The highest BCUT2D eigenvalue weighted by atomic mass is 16.5. The summed E-state index contributed by atoms with van der Waals surface area (Å²) in [7, 11) is 1.03. The van der Waals surface area contributed by atoms with Crippen molar-refractivity contribution >= 4 is 29.4 Å². The van der Waals surface area contributed by atoms with Gasteiger partial charge in [0.05, 0.1) is 5.92 Å². The smallest absolute Gasteiger partial charge is 0.320 e. The third-order valence-corrected chi connectivity index (χ3v) is 6.70. The first kappa shape index (κ1) is 23.3. The molecule has 0 aromatic carbocycles. The van der Waals surface area contributed by atoms with Gasteiger partial charge in [-0.3, -0.25) is 24.0 Å². The molecule has 2 amide bonds. The minimum atomic E-state index is -2.35. The van der Waals surface area contributed by atoms with Crippen LogP contribution < -0.4 is 11.2 Å². The van der Waals surface area contributed by atoms with Crippen LogP contribution in [0.25, 0.3) is 0 Å². The van der Waals surface area contributed by atoms with Crippen LogP contribution in [0.5, 0.6) is 0 Å². The van der Waals surface area contributed by atoms with Gasteiger partial charge in [-0.2, -0.15) is 0 Å². The third kappa shape index (κ3) is 4.21. The van der Waals surface area contributed by atoms with Gasteiger partial charge in [0, 0.05) is 26.6 Å². The van der Waals surface area contributed by atoms with Crippen molar-refractivity contribution in [2.45, 2.75) is 44.2 Å². The van der Waals surface area contributed by atoms with Crippen LogP contribution >= 0.6 is 0 Å². The number of nitrogens with two attached hydrogens (primary N) is 1. The van der Waals surface area contributed by atoms with Gasteiger partial charge in [0.1, 0.15) is 0 Å². The molecule has 11 nitrogen and oxygen atoms in total. The number of aliphatic carboxylic acids is 1. The van der Waals surface area contributed by atoms with Gasteiger partial charge in [0.25, 0.3) is 5.78 Å². The lowest BCUT2D eigenvalue weighted by Crippen LogP contribution is -2.78. The summed E-state index contributed by atoms with van der Waals surface area (Å²) in [4.78, 5) is 62.7. The minimum absolute atomic E-state index is 0.0284. The number of hydrogen-bond acceptors (Lipinski definition) is 8. The van der Waals surface area contributed by atoms with Crippen molar-refractivity contribution in [2.75, 3.05) is 33.3 Å². The minimum Gasteiger partial charge on any atom is -0.481 e. The van der Waals surface area contributed by atoms with Gasteiger partial charge in [0.15, 0.2) is 5.92 Å². The summed E-state index contributed by atoms with van der Waals surface area (Å²) in [6.45, 7) is 2.60. The molecule has 172 valence electrons. The molecule has 1 unspecified atom stereocenters. The molecule has 0 aromatic heterocycles. The number of nitrogens with one attached hydrogen (secondary N) is 1. The standard InChI is InChI=1S/C20H30N4O7/c1-31-20(15(19(29)30)16(26)17(20)27)24(21)18(28)13-3-2-10-23(11-13)14(25)5-4-12-6-8-22-9-7-12/h12-13,15,22H,2-11,21H2,1H3,(H,29,30)/t13-,15?,20-/m1/s1. The van der Waals surface area contributed by atoms with E-state index in [0.717, 1.165) is 39.5 Å². The highest BCUT2D eigenvalue weighted by Gasteiger charge is 2.71. The van der Waals surface area contributed by atoms with Crippen LogP contribution in [0.1, 0.15) is 38.5 Å². The van der Waals surface area contributed by atoms with Crippen molar-refractivity contribution in [3.63, 3.8) is 0 Å². The number of amides is 2. The zero-order chi connectivity index (χ0) is 22.8. The maximum Gasteiger partial charge on any atom is 0.320 e. The molecular formula is C20H30N4O7. The molecule has 3 fully saturated rings. The highest BCUT2D eigenvalue weighted by Crippen LogP contribution is 2.38. The van der Waals surface area contributed by atoms with Crippen LogP contribution in [0.4, 0.5) is 0 Å². The summed E-state index contributed by atoms with van der Waals surface area (Å²) in [5.74, 6) is -0.840. The molecule has 0 bridgehead atoms. The first-order chi connectivity index (χ1) is 14.7. The summed E-state index contributed by atoms with van der Waals surface area (Å²) < 4.78 is 5.03. The number of hydrogen-bond donors (Lipinski definition) is 3. The van der Waals surface area contributed by atoms with Crippen LogP contribution in [0.2, 0.25) is 0 Å². The number of rotatable bonds is 7. The predicted octanol–water partition coefficient (Wildman–Crippen LogP) is -1.10. The quantitative estimate of drug-likeness (QED) is 0.112. The number of ketones is 2. The number of likely N-dealkylation sites (tertiary alicyclic amines) is 1. The SMILES string of the molecule is CO[C@@]1(N(N)C(=O)[C@@H]2CCCN(C(=O)CCC3CCNCC3)C2)C(=O)C(=O)C1C(=O)O. The molecule has 0 aromatic rings. The van der Waals surface area contributed by atoms with E-state index < -0.39 is 41.0 Å². The van der Waals surface area contributed by atoms with Crippen molar-refractivity contribution < 1.29 is 33.8 Å². The van der Waals surface area contributed by atoms with Crippen LogP contribution in [0.15, 0.2) is 0 Å². The van der Waals surface area contributed by atoms with Crippen molar-refractivity contribution in [2.24, 2.45) is 23.6 Å². The summed E-state index contributed by atoms with van der Waals surface area (Å²) in [5, 5.41) is 13.1. The number of carboxylic acids is 1. The Morgan fingerprint density at radius 2 is 1.94 bits per heavy atom. The van der Waals surface area contributed by atoms with Crippen LogP contribution in [-0.2, 0) is 28.7 Å². The zero-order valence-corrected chi connectivity index (χ0v) is 17.7. The van der Waals surface area contributed by atoms with E-state index in [2.05, 4.69) is 5.32 Å². The van der Waals surface area contributed by atoms with E-state index in [1.807, 2.05) is 0 Å². The van der Waals surface area contributed by atoms with Crippen LogP contribution in [-0.4, -0.2) is 83.4 Å². The zero-order valence-electron chi connectivity index (χ0n) is 17.7. The first-order valence-electron chi connectivity index (χ1n) is 10.7. The van der Waals surface area contributed by atoms with Crippen molar-refractivity contribution in [1.29, 1.82) is 0 Å². The van der Waals surface area contributed by atoms with Crippen molar-refractivity contribution in [1.82, 2.24) is 15.2 Å². The fourth-order valence-electron chi connectivity index (χ4n) is 4.80. The van der Waals surface area contributed by atoms with E-state index >= 15 is 0 Å². The average molecular weight is 438 g/mol. The molecule has 0 spiro atoms. The number of ether oxygens (including phenoxy) is 1. The van der Waals surface area contributed by atoms with E-state index in [1.165, 1.54) is 0 Å². The van der Waals surface area contributed by atoms with Gasteiger partial charge < -0.3 is 20.1 Å². The third-order valence-electron chi connectivity index (χ3n) is 6.70. The number of nitrogens with zero attached hydrogens (tertiary/aromatic N) is 2. The second-order valence-corrected chi connectivity index (χ2v) is 8.48. The highest BCUT2D eigenvalue weighted by molar-refractivity contribution is 6.52. The molecule has 3 atom stereocenters. The number of piperidine rings is 2. The van der Waals surface area contributed by atoms with Gasteiger partial charge in [-0.05, 0) is 51.1 Å². The Bertz CT molecular complexity index is 767. The molecule has 2 aliphatic heterocycles. The van der Waals surface area contributed by atoms with E-state index in [-0.39, 0.29) is 12.5 Å². The molecule has 11 heteroatoms. The van der Waals surface area contributed by atoms with Gasteiger partial charge in [-0.25, -0.2) is 10.9 Å². The fraction of sp³-hybridized carbons (Fsp3) is 0.750. The number of carboxylic acid groups (broad SMARTS) is 1.